The minimum Gasteiger partial charge on any atom is -0.477 e. The molecule has 0 spiro atoms. The largest absolute Gasteiger partial charge is 0.477 e. The molecule has 5 nitrogen and oxygen atoms in total. The maximum atomic E-state index is 9.37. The maximum absolute atomic E-state index is 9.37. The third kappa shape index (κ3) is 8.65. The number of carboxylic acids is 1. The van der Waals surface area contributed by atoms with Crippen molar-refractivity contribution in [3.8, 4) is 0 Å². The van der Waals surface area contributed by atoms with Crippen molar-refractivity contribution >= 4 is 21.6 Å². The van der Waals surface area contributed by atoms with Crippen molar-refractivity contribution in [3.05, 3.63) is 12.2 Å². The van der Waals surface area contributed by atoms with E-state index in [9.17, 15) is 13.2 Å². The van der Waals surface area contributed by atoms with Crippen molar-refractivity contribution in [1.29, 1.82) is 0 Å². The first-order valence-electron chi connectivity index (χ1n) is 5.17. The van der Waals surface area contributed by atoms with Crippen molar-refractivity contribution in [3.63, 3.8) is 0 Å². The lowest BCUT2D eigenvalue weighted by Crippen LogP contribution is -2.52. The minimum absolute atomic E-state index is 0.167. The molecule has 0 bridgehead atoms. The van der Waals surface area contributed by atoms with E-state index in [1.165, 1.54) is 0 Å². The molecule has 0 fully saturated rings. The first-order valence-corrected chi connectivity index (χ1v) is 6.31. The molecule has 1 aliphatic heterocycles. The summed E-state index contributed by atoms with van der Waals surface area (Å²) in [4.78, 5) is 9.36. The normalized spacial score (nSPS) is 19.8. The van der Waals surface area contributed by atoms with Crippen LogP contribution in [0.3, 0.4) is 0 Å². The van der Waals surface area contributed by atoms with Gasteiger partial charge in [-0.2, -0.15) is 8.42 Å². The molecule has 0 unspecified atom stereocenters. The smallest absolute Gasteiger partial charge is 0.343 e. The van der Waals surface area contributed by atoms with Crippen molar-refractivity contribution in [1.82, 2.24) is 5.32 Å². The summed E-state index contributed by atoms with van der Waals surface area (Å²) in [6.45, 7) is 8.87. The molecule has 0 aromatic carbocycles. The molecule has 1 aliphatic rings. The second-order valence-corrected chi connectivity index (χ2v) is 5.81. The summed E-state index contributed by atoms with van der Waals surface area (Å²) in [6, 6.07) is 0. The van der Waals surface area contributed by atoms with Crippen LogP contribution in [0, 0.1) is 0 Å². The topological polar surface area (TPSA) is 83.5 Å². The van der Waals surface area contributed by atoms with Crippen LogP contribution in [0.1, 0.15) is 34.1 Å². The lowest BCUT2D eigenvalue weighted by Gasteiger charge is -2.38. The standard InChI is InChI=1S/C9H17N.C2H2O4S/c1-8(2)6-5-7-9(3,4)10-8;3-2(4)1-7(5)6/h5-6,10H,7H2,1-4H3;1H,(H,3,4). The van der Waals surface area contributed by atoms with Gasteiger partial charge in [0.1, 0.15) is 5.37 Å². The third-order valence-electron chi connectivity index (χ3n) is 2.02. The molecule has 0 atom stereocenters. The Morgan fingerprint density at radius 2 is 1.88 bits per heavy atom. The van der Waals surface area contributed by atoms with Crippen LogP contribution in [0.2, 0.25) is 0 Å². The third-order valence-corrected chi connectivity index (χ3v) is 2.41. The Bertz CT molecular complexity index is 424. The van der Waals surface area contributed by atoms with Gasteiger partial charge in [-0.1, -0.05) is 12.2 Å². The van der Waals surface area contributed by atoms with Crippen LogP contribution < -0.4 is 5.32 Å². The second-order valence-electron chi connectivity index (χ2n) is 5.05. The lowest BCUT2D eigenvalue weighted by molar-refractivity contribution is -0.128. The van der Waals surface area contributed by atoms with Gasteiger partial charge in [0, 0.05) is 11.1 Å². The van der Waals surface area contributed by atoms with Crippen LogP contribution in [0.4, 0.5) is 0 Å². The van der Waals surface area contributed by atoms with Gasteiger partial charge in [-0.3, -0.25) is 0 Å². The van der Waals surface area contributed by atoms with E-state index in [0.29, 0.717) is 0 Å². The summed E-state index contributed by atoms with van der Waals surface area (Å²) in [5.41, 5.74) is 0.458. The van der Waals surface area contributed by atoms with Crippen LogP contribution in [-0.2, 0) is 15.1 Å². The Kier molecular flexibility index (Phi) is 5.57. The highest BCUT2D eigenvalue weighted by atomic mass is 32.2. The Morgan fingerprint density at radius 3 is 2.06 bits per heavy atom. The predicted molar refractivity (Wildman–Crippen MR) is 67.7 cm³/mol. The quantitative estimate of drug-likeness (QED) is 0.540. The van der Waals surface area contributed by atoms with Gasteiger partial charge in [0.15, 0.2) is 0 Å². The Hall–Kier alpha value is -1.14. The fourth-order valence-corrected chi connectivity index (χ4v) is 1.86. The van der Waals surface area contributed by atoms with E-state index in [1.807, 2.05) is 0 Å². The van der Waals surface area contributed by atoms with Crippen molar-refractivity contribution in [2.45, 2.75) is 45.2 Å². The molecule has 0 saturated carbocycles. The van der Waals surface area contributed by atoms with E-state index in [0.717, 1.165) is 6.42 Å². The molecule has 0 radical (unpaired) electrons. The lowest BCUT2D eigenvalue weighted by atomic mass is 9.89. The van der Waals surface area contributed by atoms with Crippen molar-refractivity contribution < 1.29 is 18.3 Å². The molecule has 0 amide bonds. The van der Waals surface area contributed by atoms with Gasteiger partial charge in [-0.05, 0) is 34.1 Å². The van der Waals surface area contributed by atoms with E-state index in [-0.39, 0.29) is 16.4 Å². The first-order chi connectivity index (χ1) is 7.54. The van der Waals surface area contributed by atoms with Crippen LogP contribution in [-0.4, -0.2) is 35.9 Å². The van der Waals surface area contributed by atoms with Gasteiger partial charge in [-0.15, -0.1) is 0 Å². The molecule has 98 valence electrons. The summed E-state index contributed by atoms with van der Waals surface area (Å²) < 4.78 is 18.7. The zero-order valence-corrected chi connectivity index (χ0v) is 11.3. The number of aliphatic carboxylic acids is 1. The average molecular weight is 261 g/mol. The SMILES string of the molecule is CC1(C)C=CCC(C)(C)N1.O=C(O)C=S(=O)=O. The van der Waals surface area contributed by atoms with E-state index in [2.05, 4.69) is 45.2 Å². The maximum Gasteiger partial charge on any atom is 0.343 e. The molecular formula is C11H19NO4S. The van der Waals surface area contributed by atoms with Gasteiger partial charge >= 0.3 is 5.97 Å². The van der Waals surface area contributed by atoms with E-state index in [1.54, 1.807) is 0 Å². The van der Waals surface area contributed by atoms with Crippen molar-refractivity contribution in [2.24, 2.45) is 0 Å². The molecule has 1 heterocycles. The van der Waals surface area contributed by atoms with Gasteiger partial charge in [0.05, 0.1) is 0 Å². The molecule has 6 heteroatoms. The van der Waals surface area contributed by atoms with E-state index >= 15 is 0 Å². The molecule has 17 heavy (non-hydrogen) atoms. The second kappa shape index (κ2) is 5.97. The van der Waals surface area contributed by atoms with Gasteiger partial charge in [-0.25, -0.2) is 4.79 Å². The van der Waals surface area contributed by atoms with E-state index in [4.69, 9.17) is 5.11 Å². The summed E-state index contributed by atoms with van der Waals surface area (Å²) in [6.07, 6.45) is 5.63. The zero-order valence-electron chi connectivity index (χ0n) is 10.5. The minimum atomic E-state index is -2.57. The summed E-state index contributed by atoms with van der Waals surface area (Å²) in [5, 5.41) is 11.3. The number of carbonyl (C=O) groups is 1. The highest BCUT2D eigenvalue weighted by Gasteiger charge is 2.27. The Balaban J connectivity index is 0.000000325. The van der Waals surface area contributed by atoms with Crippen molar-refractivity contribution in [2.75, 3.05) is 0 Å². The molecule has 0 aromatic rings. The number of rotatable bonds is 1. The zero-order chi connectivity index (χ0) is 13.7. The van der Waals surface area contributed by atoms with Gasteiger partial charge in [0.2, 0.25) is 10.3 Å². The molecule has 0 aromatic heterocycles. The monoisotopic (exact) mass is 261 g/mol. The summed E-state index contributed by atoms with van der Waals surface area (Å²) in [5.74, 6) is -1.45. The fourth-order valence-electron chi connectivity index (χ4n) is 1.70. The Morgan fingerprint density at radius 1 is 1.35 bits per heavy atom. The van der Waals surface area contributed by atoms with Crippen LogP contribution in [0.5, 0.6) is 0 Å². The van der Waals surface area contributed by atoms with Gasteiger partial charge in [0.25, 0.3) is 0 Å². The molecule has 2 N–H and O–H groups in total. The number of hydrogen-bond donors (Lipinski definition) is 2. The fraction of sp³-hybridized carbons (Fsp3) is 0.636. The molecule has 0 aliphatic carbocycles. The molecule has 1 rings (SSSR count). The average Bonchev–Trinajstić information content (AvgIpc) is 1.95. The number of hydrogen-bond acceptors (Lipinski definition) is 4. The summed E-state index contributed by atoms with van der Waals surface area (Å²) >= 11 is 0. The highest BCUT2D eigenvalue weighted by molar-refractivity contribution is 7.73. The first kappa shape index (κ1) is 15.9. The summed E-state index contributed by atoms with van der Waals surface area (Å²) in [7, 11) is -2.57. The highest BCUT2D eigenvalue weighted by Crippen LogP contribution is 2.21. The van der Waals surface area contributed by atoms with Crippen LogP contribution >= 0.6 is 0 Å². The number of nitrogens with one attached hydrogen (secondary N) is 1. The predicted octanol–water partition coefficient (Wildman–Crippen LogP) is 0.845. The Labute approximate surface area is 103 Å². The molecular weight excluding hydrogens is 242 g/mol. The van der Waals surface area contributed by atoms with Gasteiger partial charge < -0.3 is 10.4 Å². The molecule has 0 saturated heterocycles. The van der Waals surface area contributed by atoms with Crippen LogP contribution in [0.25, 0.3) is 0 Å². The van der Waals surface area contributed by atoms with Crippen LogP contribution in [0.15, 0.2) is 12.2 Å². The number of carboxylic acid groups (broad SMARTS) is 1. The van der Waals surface area contributed by atoms with E-state index < -0.39 is 16.3 Å².